The van der Waals surface area contributed by atoms with Crippen LogP contribution in [-0.2, 0) is 11.4 Å². The second kappa shape index (κ2) is 12.4. The minimum Gasteiger partial charge on any atom is -0.490 e. The van der Waals surface area contributed by atoms with Crippen molar-refractivity contribution in [3.8, 4) is 17.6 Å². The number of amides is 1. The first-order valence-corrected chi connectivity index (χ1v) is 12.2. The molecule has 0 radical (unpaired) electrons. The van der Waals surface area contributed by atoms with Crippen LogP contribution in [0.4, 0.5) is 0 Å². The molecule has 0 fully saturated rings. The number of hydrogen-bond acceptors (Lipinski definition) is 4. The van der Waals surface area contributed by atoms with Crippen molar-refractivity contribution in [2.24, 2.45) is 0 Å². The summed E-state index contributed by atoms with van der Waals surface area (Å²) >= 11 is 8.12. The highest BCUT2D eigenvalue weighted by atomic mass is 127. The van der Waals surface area contributed by atoms with Crippen molar-refractivity contribution in [2.75, 3.05) is 6.61 Å². The Hall–Kier alpha value is -3.02. The predicted molar refractivity (Wildman–Crippen MR) is 143 cm³/mol. The van der Waals surface area contributed by atoms with Gasteiger partial charge in [-0.2, -0.15) is 5.26 Å². The van der Waals surface area contributed by atoms with E-state index < -0.39 is 5.91 Å². The molecule has 0 heterocycles. The monoisotopic (exact) mass is 586 g/mol. The van der Waals surface area contributed by atoms with Gasteiger partial charge in [-0.05, 0) is 83.5 Å². The van der Waals surface area contributed by atoms with E-state index in [-0.39, 0.29) is 11.6 Å². The number of rotatable bonds is 9. The lowest BCUT2D eigenvalue weighted by Crippen LogP contribution is -2.27. The number of nitrogens with zero attached hydrogens (tertiary/aromatic N) is 1. The molecule has 174 valence electrons. The molecular formula is C27H24ClIN2O3. The van der Waals surface area contributed by atoms with Gasteiger partial charge in [-0.15, -0.1) is 0 Å². The van der Waals surface area contributed by atoms with E-state index in [1.165, 1.54) is 0 Å². The normalized spacial score (nSPS) is 11.9. The van der Waals surface area contributed by atoms with Crippen molar-refractivity contribution in [1.29, 1.82) is 5.26 Å². The van der Waals surface area contributed by atoms with Crippen LogP contribution in [0.3, 0.4) is 0 Å². The summed E-state index contributed by atoms with van der Waals surface area (Å²) in [5, 5.41) is 13.2. The molecule has 3 aromatic carbocycles. The van der Waals surface area contributed by atoms with Crippen LogP contribution in [-0.4, -0.2) is 12.5 Å². The molecule has 3 rings (SSSR count). The smallest absolute Gasteiger partial charge is 0.262 e. The Kier molecular flexibility index (Phi) is 9.37. The van der Waals surface area contributed by atoms with Crippen molar-refractivity contribution in [3.63, 3.8) is 0 Å². The average Bonchev–Trinajstić information content (AvgIpc) is 2.83. The molecule has 5 nitrogen and oxygen atoms in total. The van der Waals surface area contributed by atoms with Crippen LogP contribution in [0.25, 0.3) is 6.08 Å². The summed E-state index contributed by atoms with van der Waals surface area (Å²) in [6.45, 7) is 4.56. The number of hydrogen-bond donors (Lipinski definition) is 1. The fraction of sp³-hybridized carbons (Fsp3) is 0.185. The van der Waals surface area contributed by atoms with E-state index in [1.54, 1.807) is 12.1 Å². The molecule has 0 aliphatic heterocycles. The largest absolute Gasteiger partial charge is 0.490 e. The van der Waals surface area contributed by atoms with Crippen molar-refractivity contribution < 1.29 is 14.3 Å². The standard InChI is InChI=1S/C27H24ClIN2O3/c1-3-33-25-15-20(14-24(29)26(25)34-17-19-9-11-23(28)12-10-19)13-22(16-30)27(32)31-18(2)21-7-5-4-6-8-21/h4-15,18H,3,17H2,1-2H3,(H,31,32)/b22-13-/t18-/m0/s1. The molecule has 7 heteroatoms. The van der Waals surface area contributed by atoms with E-state index in [0.717, 1.165) is 14.7 Å². The Morgan fingerprint density at radius 1 is 1.15 bits per heavy atom. The lowest BCUT2D eigenvalue weighted by atomic mass is 10.1. The molecule has 0 unspecified atom stereocenters. The van der Waals surface area contributed by atoms with Gasteiger partial charge in [0.05, 0.1) is 16.2 Å². The van der Waals surface area contributed by atoms with E-state index in [9.17, 15) is 10.1 Å². The van der Waals surface area contributed by atoms with E-state index in [1.807, 2.05) is 80.6 Å². The molecule has 0 saturated heterocycles. The van der Waals surface area contributed by atoms with Crippen molar-refractivity contribution >= 4 is 46.2 Å². The Morgan fingerprint density at radius 3 is 2.50 bits per heavy atom. The van der Waals surface area contributed by atoms with Gasteiger partial charge in [-0.3, -0.25) is 4.79 Å². The summed E-state index contributed by atoms with van der Waals surface area (Å²) in [5.41, 5.74) is 2.62. The van der Waals surface area contributed by atoms with Crippen LogP contribution in [0.15, 0.2) is 72.3 Å². The second-order valence-electron chi connectivity index (χ2n) is 7.45. The summed E-state index contributed by atoms with van der Waals surface area (Å²) in [5.74, 6) is 0.718. The fourth-order valence-corrected chi connectivity index (χ4v) is 4.13. The third-order valence-electron chi connectivity index (χ3n) is 4.95. The summed E-state index contributed by atoms with van der Waals surface area (Å²) < 4.78 is 12.6. The highest BCUT2D eigenvalue weighted by Gasteiger charge is 2.16. The number of ether oxygens (including phenoxy) is 2. The van der Waals surface area contributed by atoms with Crippen LogP contribution in [0, 0.1) is 14.9 Å². The zero-order valence-electron chi connectivity index (χ0n) is 18.8. The van der Waals surface area contributed by atoms with Crippen LogP contribution >= 0.6 is 34.2 Å². The zero-order valence-corrected chi connectivity index (χ0v) is 21.8. The van der Waals surface area contributed by atoms with Gasteiger partial charge in [-0.25, -0.2) is 0 Å². The van der Waals surface area contributed by atoms with E-state index in [0.29, 0.717) is 35.3 Å². The molecule has 3 aromatic rings. The van der Waals surface area contributed by atoms with Gasteiger partial charge >= 0.3 is 0 Å². The minimum atomic E-state index is -0.435. The number of carbonyl (C=O) groups is 1. The highest BCUT2D eigenvalue weighted by molar-refractivity contribution is 14.1. The van der Waals surface area contributed by atoms with Gasteiger partial charge in [0.15, 0.2) is 11.5 Å². The van der Waals surface area contributed by atoms with Gasteiger partial charge in [0, 0.05) is 5.02 Å². The Morgan fingerprint density at radius 2 is 1.85 bits per heavy atom. The molecule has 0 aliphatic rings. The summed E-state index contributed by atoms with van der Waals surface area (Å²) in [6, 6.07) is 22.4. The molecule has 1 N–H and O–H groups in total. The van der Waals surface area contributed by atoms with Gasteiger partial charge in [0.2, 0.25) is 0 Å². The first-order valence-electron chi connectivity index (χ1n) is 10.7. The molecule has 0 spiro atoms. The Balaban J connectivity index is 1.81. The summed E-state index contributed by atoms with van der Waals surface area (Å²) in [7, 11) is 0. The third kappa shape index (κ3) is 6.99. The Bertz CT molecular complexity index is 1210. The average molecular weight is 587 g/mol. The maximum Gasteiger partial charge on any atom is 0.262 e. The number of benzene rings is 3. The predicted octanol–water partition coefficient (Wildman–Crippen LogP) is 6.71. The van der Waals surface area contributed by atoms with Gasteiger partial charge in [-0.1, -0.05) is 54.1 Å². The van der Waals surface area contributed by atoms with E-state index in [4.69, 9.17) is 21.1 Å². The fourth-order valence-electron chi connectivity index (χ4n) is 3.23. The van der Waals surface area contributed by atoms with E-state index in [2.05, 4.69) is 27.9 Å². The van der Waals surface area contributed by atoms with Crippen LogP contribution in [0.5, 0.6) is 11.5 Å². The summed E-state index contributed by atoms with van der Waals surface area (Å²) in [4.78, 5) is 12.7. The van der Waals surface area contributed by atoms with Crippen LogP contribution < -0.4 is 14.8 Å². The molecule has 1 amide bonds. The maximum atomic E-state index is 12.7. The number of nitriles is 1. The van der Waals surface area contributed by atoms with Gasteiger partial charge in [0.1, 0.15) is 18.2 Å². The topological polar surface area (TPSA) is 71.3 Å². The quantitative estimate of drug-likeness (QED) is 0.172. The molecule has 34 heavy (non-hydrogen) atoms. The number of nitrogens with one attached hydrogen (secondary N) is 1. The molecular weight excluding hydrogens is 563 g/mol. The first kappa shape index (κ1) is 25.6. The lowest BCUT2D eigenvalue weighted by Gasteiger charge is -2.16. The van der Waals surface area contributed by atoms with Crippen molar-refractivity contribution in [3.05, 3.63) is 97.6 Å². The first-order chi connectivity index (χ1) is 16.4. The molecule has 0 bridgehead atoms. The van der Waals surface area contributed by atoms with Crippen molar-refractivity contribution in [2.45, 2.75) is 26.5 Å². The Labute approximate surface area is 218 Å². The van der Waals surface area contributed by atoms with Crippen LogP contribution in [0.1, 0.15) is 36.6 Å². The molecule has 0 aromatic heterocycles. The van der Waals surface area contributed by atoms with E-state index >= 15 is 0 Å². The van der Waals surface area contributed by atoms with Gasteiger partial charge in [0.25, 0.3) is 5.91 Å². The van der Waals surface area contributed by atoms with Crippen molar-refractivity contribution in [1.82, 2.24) is 5.32 Å². The summed E-state index contributed by atoms with van der Waals surface area (Å²) in [6.07, 6.45) is 1.56. The zero-order chi connectivity index (χ0) is 24.5. The third-order valence-corrected chi connectivity index (χ3v) is 6.00. The highest BCUT2D eigenvalue weighted by Crippen LogP contribution is 2.35. The molecule has 0 aliphatic carbocycles. The van der Waals surface area contributed by atoms with Gasteiger partial charge < -0.3 is 14.8 Å². The molecule has 0 saturated carbocycles. The van der Waals surface area contributed by atoms with Crippen LogP contribution in [0.2, 0.25) is 5.02 Å². The second-order valence-corrected chi connectivity index (χ2v) is 9.05. The minimum absolute atomic E-state index is 0.0101. The molecule has 1 atom stereocenters. The number of halogens is 2. The maximum absolute atomic E-state index is 12.7. The SMILES string of the molecule is CCOc1cc(/C=C(/C#N)C(=O)N[C@@H](C)c2ccccc2)cc(I)c1OCc1ccc(Cl)cc1. The lowest BCUT2D eigenvalue weighted by molar-refractivity contribution is -0.117. The number of carbonyl (C=O) groups excluding carboxylic acids is 1.